The van der Waals surface area contributed by atoms with Crippen LogP contribution >= 0.6 is 23.1 Å². The van der Waals surface area contributed by atoms with E-state index in [9.17, 15) is 10.1 Å². The number of carbonyl (C=O) groups excluding carboxylic acids is 1. The third-order valence-corrected chi connectivity index (χ3v) is 9.05. The molecule has 2 aromatic heterocycles. The van der Waals surface area contributed by atoms with Crippen molar-refractivity contribution in [1.82, 2.24) is 15.3 Å². The predicted molar refractivity (Wildman–Crippen MR) is 133 cm³/mol. The maximum absolute atomic E-state index is 14.0. The Morgan fingerprint density at radius 2 is 2.18 bits per heavy atom. The number of nitrogens with two attached hydrogens (primary N) is 2. The quantitative estimate of drug-likeness (QED) is 0.551. The third kappa shape index (κ3) is 3.78. The van der Waals surface area contributed by atoms with Crippen molar-refractivity contribution >= 4 is 45.5 Å². The molecular formula is C23H27N7OS2. The van der Waals surface area contributed by atoms with Gasteiger partial charge in [-0.05, 0) is 38.3 Å². The molecule has 1 spiro atoms. The van der Waals surface area contributed by atoms with Crippen molar-refractivity contribution < 1.29 is 4.79 Å². The Kier molecular flexibility index (Phi) is 6.03. The number of nitriles is 1. The van der Waals surface area contributed by atoms with E-state index in [0.29, 0.717) is 51.4 Å². The molecule has 0 bridgehead atoms. The highest BCUT2D eigenvalue weighted by Gasteiger charge is 2.50. The molecule has 10 heteroatoms. The summed E-state index contributed by atoms with van der Waals surface area (Å²) in [4.78, 5) is 26.5. The molecule has 2 aliphatic heterocycles. The van der Waals surface area contributed by atoms with Gasteiger partial charge in [-0.25, -0.2) is 9.97 Å². The lowest BCUT2D eigenvalue weighted by atomic mass is 9.67. The minimum absolute atomic E-state index is 0.0214. The Labute approximate surface area is 201 Å². The van der Waals surface area contributed by atoms with Crippen LogP contribution in [0.1, 0.15) is 41.0 Å². The van der Waals surface area contributed by atoms with Gasteiger partial charge in [0.1, 0.15) is 11.1 Å². The Morgan fingerprint density at radius 1 is 1.30 bits per heavy atom. The van der Waals surface area contributed by atoms with Crippen molar-refractivity contribution in [3.05, 3.63) is 39.5 Å². The summed E-state index contributed by atoms with van der Waals surface area (Å²) in [6.07, 6.45) is 5.21. The number of anilines is 2. The highest BCUT2D eigenvalue weighted by atomic mass is 32.2. The first-order valence-electron chi connectivity index (χ1n) is 11.3. The second kappa shape index (κ2) is 8.97. The van der Waals surface area contributed by atoms with Gasteiger partial charge in [-0.3, -0.25) is 4.79 Å². The van der Waals surface area contributed by atoms with Crippen LogP contribution < -0.4 is 21.7 Å². The number of ketones is 1. The van der Waals surface area contributed by atoms with E-state index in [1.807, 2.05) is 0 Å². The number of Topliss-reactive ketones (excluding diaryl/α,β-unsaturated/α-hetero) is 1. The molecule has 172 valence electrons. The molecule has 1 atom stereocenters. The molecule has 0 saturated carbocycles. The van der Waals surface area contributed by atoms with Crippen LogP contribution in [-0.2, 0) is 16.6 Å². The number of thiophene rings is 1. The van der Waals surface area contributed by atoms with Crippen molar-refractivity contribution in [2.75, 3.05) is 48.3 Å². The monoisotopic (exact) mass is 481 g/mol. The van der Waals surface area contributed by atoms with E-state index >= 15 is 0 Å². The van der Waals surface area contributed by atoms with E-state index < -0.39 is 5.41 Å². The van der Waals surface area contributed by atoms with E-state index in [1.165, 1.54) is 11.3 Å². The molecule has 0 aromatic carbocycles. The molecule has 0 radical (unpaired) electrons. The summed E-state index contributed by atoms with van der Waals surface area (Å²) in [5.74, 6) is 1.85. The van der Waals surface area contributed by atoms with Crippen molar-refractivity contribution in [3.8, 4) is 6.07 Å². The van der Waals surface area contributed by atoms with Crippen molar-refractivity contribution in [3.63, 3.8) is 0 Å². The predicted octanol–water partition coefficient (Wildman–Crippen LogP) is 2.05. The summed E-state index contributed by atoms with van der Waals surface area (Å²) in [6.45, 7) is 3.58. The normalized spacial score (nSPS) is 24.8. The number of nitrogens with zero attached hydrogens (tertiary/aromatic N) is 4. The molecule has 5 N–H and O–H groups in total. The molecule has 5 rings (SSSR count). The van der Waals surface area contributed by atoms with Crippen LogP contribution in [0.2, 0.25) is 0 Å². The lowest BCUT2D eigenvalue weighted by molar-refractivity contribution is -0.120. The Balaban J connectivity index is 1.54. The van der Waals surface area contributed by atoms with E-state index in [0.717, 1.165) is 55.9 Å². The Bertz CT molecular complexity index is 1160. The molecule has 1 aliphatic carbocycles. The zero-order valence-electron chi connectivity index (χ0n) is 18.4. The number of carbonyl (C=O) groups is 1. The van der Waals surface area contributed by atoms with Crippen LogP contribution in [0.5, 0.6) is 0 Å². The minimum Gasteiger partial charge on any atom is -0.397 e. The number of hydrogen-bond acceptors (Lipinski definition) is 10. The number of nitrogen functional groups attached to an aromatic ring is 1. The first kappa shape index (κ1) is 22.2. The molecular weight excluding hydrogens is 454 g/mol. The molecule has 33 heavy (non-hydrogen) atoms. The molecule has 3 aliphatic rings. The fraction of sp³-hybridized carbons (Fsp3) is 0.478. The number of hydrogen-bond donors (Lipinski definition) is 3. The summed E-state index contributed by atoms with van der Waals surface area (Å²) in [7, 11) is 0. The highest BCUT2D eigenvalue weighted by Crippen LogP contribution is 2.51. The number of rotatable bonds is 2. The Hall–Kier alpha value is -2.61. The standard InChI is InChI=1S/C23H27N7OS2/c24-11-14-18-17(33-21(14)26)3-1-5-23(18)13-32-12-15(20(23)31)19(25)16-4-7-28-22(29-16)30-9-2-6-27-8-10-30/h4,7,27H,1-3,5-6,8-10,12-13,25-26H2/b19-15-. The smallest absolute Gasteiger partial charge is 0.225 e. The van der Waals surface area contributed by atoms with Crippen LogP contribution in [0.15, 0.2) is 17.8 Å². The van der Waals surface area contributed by atoms with Gasteiger partial charge in [0.15, 0.2) is 5.78 Å². The molecule has 2 fully saturated rings. The van der Waals surface area contributed by atoms with E-state index in [2.05, 4.69) is 21.3 Å². The van der Waals surface area contributed by atoms with Gasteiger partial charge in [-0.2, -0.15) is 17.0 Å². The summed E-state index contributed by atoms with van der Waals surface area (Å²) in [6, 6.07) is 4.04. The van der Waals surface area contributed by atoms with Crippen molar-refractivity contribution in [2.24, 2.45) is 5.73 Å². The highest BCUT2D eigenvalue weighted by molar-refractivity contribution is 7.99. The van der Waals surface area contributed by atoms with Gasteiger partial charge in [0.2, 0.25) is 5.95 Å². The van der Waals surface area contributed by atoms with E-state index in [-0.39, 0.29) is 5.78 Å². The van der Waals surface area contributed by atoms with Crippen molar-refractivity contribution in [2.45, 2.75) is 31.1 Å². The SMILES string of the molecule is N#Cc1c(N)sc2c1C1(CCC2)CSC/C(=C(/N)c2ccnc(N3CCCNCC3)n2)C1=O. The average Bonchev–Trinajstić information content (AvgIpc) is 2.99. The van der Waals surface area contributed by atoms with E-state index in [4.69, 9.17) is 16.5 Å². The van der Waals surface area contributed by atoms with Gasteiger partial charge in [0.05, 0.1) is 22.4 Å². The molecule has 2 saturated heterocycles. The van der Waals surface area contributed by atoms with Gasteiger partial charge in [0, 0.05) is 53.4 Å². The summed E-state index contributed by atoms with van der Waals surface area (Å²) in [5.41, 5.74) is 15.0. The maximum atomic E-state index is 14.0. The summed E-state index contributed by atoms with van der Waals surface area (Å²) >= 11 is 3.15. The number of nitrogens with one attached hydrogen (secondary N) is 1. The summed E-state index contributed by atoms with van der Waals surface area (Å²) in [5, 5.41) is 13.7. The second-order valence-corrected chi connectivity index (χ2v) is 10.9. The fourth-order valence-corrected chi connectivity index (χ4v) is 7.66. The van der Waals surface area contributed by atoms with Crippen LogP contribution in [0.4, 0.5) is 10.9 Å². The first-order valence-corrected chi connectivity index (χ1v) is 13.2. The molecule has 1 unspecified atom stereocenters. The largest absolute Gasteiger partial charge is 0.397 e. The minimum atomic E-state index is -0.734. The Morgan fingerprint density at radius 3 is 3.03 bits per heavy atom. The third-order valence-electron chi connectivity index (χ3n) is 6.78. The molecule has 8 nitrogen and oxygen atoms in total. The first-order chi connectivity index (χ1) is 16.0. The number of fused-ring (bicyclic) bond motifs is 2. The fourth-order valence-electron chi connectivity index (χ4n) is 5.14. The van der Waals surface area contributed by atoms with Gasteiger partial charge in [-0.15, -0.1) is 11.3 Å². The van der Waals surface area contributed by atoms with Crippen LogP contribution in [0.3, 0.4) is 0 Å². The van der Waals surface area contributed by atoms with Gasteiger partial charge < -0.3 is 21.7 Å². The number of thioether (sulfide) groups is 1. The van der Waals surface area contributed by atoms with Gasteiger partial charge >= 0.3 is 0 Å². The molecule has 2 aromatic rings. The summed E-state index contributed by atoms with van der Waals surface area (Å²) < 4.78 is 0. The van der Waals surface area contributed by atoms with Crippen LogP contribution in [0, 0.1) is 11.3 Å². The lowest BCUT2D eigenvalue weighted by Crippen LogP contribution is -2.46. The van der Waals surface area contributed by atoms with Crippen LogP contribution in [-0.4, -0.2) is 53.4 Å². The van der Waals surface area contributed by atoms with Gasteiger partial charge in [-0.1, -0.05) is 0 Å². The van der Waals surface area contributed by atoms with Crippen molar-refractivity contribution in [1.29, 1.82) is 5.26 Å². The number of aromatic nitrogens is 2. The van der Waals surface area contributed by atoms with E-state index in [1.54, 1.807) is 24.0 Å². The molecule has 0 amide bonds. The zero-order valence-corrected chi connectivity index (χ0v) is 20.0. The zero-order chi connectivity index (χ0) is 23.0. The molecule has 4 heterocycles. The number of aryl methyl sites for hydroxylation is 1. The second-order valence-electron chi connectivity index (χ2n) is 8.73. The van der Waals surface area contributed by atoms with Crippen LogP contribution in [0.25, 0.3) is 5.70 Å². The van der Waals surface area contributed by atoms with Gasteiger partial charge in [0.25, 0.3) is 0 Å². The maximum Gasteiger partial charge on any atom is 0.225 e. The lowest BCUT2D eigenvalue weighted by Gasteiger charge is -2.40. The average molecular weight is 482 g/mol. The topological polar surface area (TPSA) is 134 Å².